The Morgan fingerprint density at radius 1 is 1.02 bits per heavy atom. The van der Waals surface area contributed by atoms with Crippen molar-refractivity contribution in [2.75, 3.05) is 31.8 Å². The van der Waals surface area contributed by atoms with Crippen molar-refractivity contribution in [3.05, 3.63) is 95.6 Å². The van der Waals surface area contributed by atoms with E-state index in [0.29, 0.717) is 37.7 Å². The summed E-state index contributed by atoms with van der Waals surface area (Å²) in [5, 5.41) is 0.397. The fraction of sp³-hybridized carbons (Fsp3) is 0.375. The molecule has 0 aliphatic carbocycles. The van der Waals surface area contributed by atoms with Crippen LogP contribution >= 0.6 is 22.9 Å². The van der Waals surface area contributed by atoms with Gasteiger partial charge >= 0.3 is 5.97 Å². The molecule has 10 heteroatoms. The minimum Gasteiger partial charge on any atom is -0.460 e. The first kappa shape index (κ1) is 29.9. The van der Waals surface area contributed by atoms with Gasteiger partial charge in [0.05, 0.1) is 29.1 Å². The molecule has 8 nitrogen and oxygen atoms in total. The number of halogens is 1. The van der Waals surface area contributed by atoms with Gasteiger partial charge in [-0.05, 0) is 31.0 Å². The first-order chi connectivity index (χ1) is 20.4. The molecule has 0 spiro atoms. The van der Waals surface area contributed by atoms with E-state index in [4.69, 9.17) is 21.1 Å². The van der Waals surface area contributed by atoms with E-state index in [2.05, 4.69) is 11.9 Å². The summed E-state index contributed by atoms with van der Waals surface area (Å²) >= 11 is 7.80. The predicted molar refractivity (Wildman–Crippen MR) is 165 cm³/mol. The number of benzene rings is 2. The summed E-state index contributed by atoms with van der Waals surface area (Å²) in [6.45, 7) is 4.76. The fourth-order valence-electron chi connectivity index (χ4n) is 5.51. The molecular formula is C32H34ClN3O5S. The van der Waals surface area contributed by atoms with Crippen LogP contribution in [-0.4, -0.2) is 43.3 Å². The average molecular weight is 608 g/mol. The van der Waals surface area contributed by atoms with Crippen molar-refractivity contribution in [3.8, 4) is 0 Å². The molecule has 2 aromatic carbocycles. The number of carbonyl (C=O) groups excluding carboxylic acids is 2. The van der Waals surface area contributed by atoms with Crippen LogP contribution in [0, 0.1) is 0 Å². The summed E-state index contributed by atoms with van der Waals surface area (Å²) in [6.07, 6.45) is 5.37. The number of amides is 1. The Bertz CT molecular complexity index is 1720. The van der Waals surface area contributed by atoms with Crippen molar-refractivity contribution in [3.63, 3.8) is 0 Å². The second-order valence-corrected chi connectivity index (χ2v) is 11.7. The molecule has 1 amide bonds. The Hall–Kier alpha value is -3.53. The maximum Gasteiger partial charge on any atom is 0.338 e. The van der Waals surface area contributed by atoms with Gasteiger partial charge in [-0.25, -0.2) is 9.79 Å². The number of aromatic nitrogens is 1. The van der Waals surface area contributed by atoms with Gasteiger partial charge in [0.15, 0.2) is 4.80 Å². The van der Waals surface area contributed by atoms with E-state index in [0.717, 1.165) is 48.3 Å². The first-order valence-electron chi connectivity index (χ1n) is 14.3. The van der Waals surface area contributed by atoms with Gasteiger partial charge < -0.3 is 14.4 Å². The minimum absolute atomic E-state index is 0.0511. The molecule has 3 aromatic rings. The number of allylic oxidation sites excluding steroid dienone is 1. The Morgan fingerprint density at radius 2 is 1.76 bits per heavy atom. The Labute approximate surface area is 253 Å². The smallest absolute Gasteiger partial charge is 0.338 e. The van der Waals surface area contributed by atoms with Crippen LogP contribution in [0.1, 0.15) is 63.1 Å². The predicted octanol–water partition coefficient (Wildman–Crippen LogP) is 4.77. The van der Waals surface area contributed by atoms with Crippen LogP contribution in [0.5, 0.6) is 0 Å². The van der Waals surface area contributed by atoms with Crippen LogP contribution in [0.2, 0.25) is 5.02 Å². The maximum atomic E-state index is 14.3. The van der Waals surface area contributed by atoms with Gasteiger partial charge in [-0.2, -0.15) is 0 Å². The highest BCUT2D eigenvalue weighted by molar-refractivity contribution is 7.07. The van der Waals surface area contributed by atoms with Crippen LogP contribution in [-0.2, 0) is 19.1 Å². The number of esters is 1. The standard InChI is InChI=1S/C32H34ClN3O5S/c1-4-5-6-7-12-17-35-24-16-11-9-14-22(24)26(29(35)37)28-30(38)36-27(21-13-8-10-15-23(21)33)25(20(2)34-32(36)42-28)31(39)41-19-18-40-3/h8-11,13-16,27H,4-7,12,17-19H2,1-3H3. The zero-order valence-electron chi connectivity index (χ0n) is 24.0. The molecule has 3 heterocycles. The second kappa shape index (κ2) is 13.2. The number of unbranched alkanes of at least 4 members (excludes halogenated alkanes) is 4. The summed E-state index contributed by atoms with van der Waals surface area (Å²) in [5.41, 5.74) is 2.71. The SMILES string of the molecule is CCCCCCCN1C(=O)C(=c2sc3n(c2=O)C(c2ccccc2Cl)C(C(=O)OCCOC)=C(C)N=3)c2ccccc21. The number of para-hydroxylation sites is 1. The molecule has 0 fully saturated rings. The maximum absolute atomic E-state index is 14.3. The zero-order valence-corrected chi connectivity index (χ0v) is 25.6. The normalized spacial score (nSPS) is 17.3. The number of hydrogen-bond donors (Lipinski definition) is 0. The van der Waals surface area contributed by atoms with Crippen LogP contribution in [0.15, 0.2) is 69.6 Å². The third-order valence-corrected chi connectivity index (χ3v) is 8.97. The topological polar surface area (TPSA) is 90.2 Å². The highest BCUT2D eigenvalue weighted by atomic mass is 35.5. The number of methoxy groups -OCH3 is 1. The number of hydrogen-bond acceptors (Lipinski definition) is 7. The highest BCUT2D eigenvalue weighted by Crippen LogP contribution is 2.37. The van der Waals surface area contributed by atoms with Crippen LogP contribution in [0.3, 0.4) is 0 Å². The van der Waals surface area contributed by atoms with Gasteiger partial charge in [-0.1, -0.05) is 91.9 Å². The van der Waals surface area contributed by atoms with Crippen LogP contribution in [0.25, 0.3) is 5.57 Å². The average Bonchev–Trinajstić information content (AvgIpc) is 3.44. The van der Waals surface area contributed by atoms with E-state index in [1.165, 1.54) is 18.1 Å². The molecule has 220 valence electrons. The molecule has 0 saturated heterocycles. The van der Waals surface area contributed by atoms with Gasteiger partial charge in [0, 0.05) is 24.2 Å². The van der Waals surface area contributed by atoms with Gasteiger partial charge in [0.1, 0.15) is 17.2 Å². The number of ether oxygens (including phenoxy) is 2. The summed E-state index contributed by atoms with van der Waals surface area (Å²) in [7, 11) is 1.52. The first-order valence-corrected chi connectivity index (χ1v) is 15.4. The summed E-state index contributed by atoms with van der Waals surface area (Å²) in [5.74, 6) is -0.797. The van der Waals surface area contributed by atoms with E-state index in [-0.39, 0.29) is 24.7 Å². The van der Waals surface area contributed by atoms with Crippen molar-refractivity contribution in [2.45, 2.75) is 52.0 Å². The van der Waals surface area contributed by atoms with Crippen molar-refractivity contribution < 1.29 is 19.1 Å². The van der Waals surface area contributed by atoms with Crippen LogP contribution < -0.4 is 19.8 Å². The van der Waals surface area contributed by atoms with Crippen molar-refractivity contribution >= 4 is 46.1 Å². The molecular weight excluding hydrogens is 574 g/mol. The molecule has 2 aliphatic heterocycles. The number of nitrogens with zero attached hydrogens (tertiary/aromatic N) is 3. The fourth-order valence-corrected chi connectivity index (χ4v) is 6.89. The van der Waals surface area contributed by atoms with E-state index in [1.54, 1.807) is 36.1 Å². The number of carbonyl (C=O) groups is 2. The van der Waals surface area contributed by atoms with Gasteiger partial charge in [0.2, 0.25) is 0 Å². The largest absolute Gasteiger partial charge is 0.460 e. The summed E-state index contributed by atoms with van der Waals surface area (Å²) < 4.78 is 12.3. The van der Waals surface area contributed by atoms with E-state index in [1.807, 2.05) is 24.3 Å². The lowest BCUT2D eigenvalue weighted by Crippen LogP contribution is -2.41. The third-order valence-electron chi connectivity index (χ3n) is 7.57. The van der Waals surface area contributed by atoms with Crippen LogP contribution in [0.4, 0.5) is 5.69 Å². The molecule has 0 radical (unpaired) electrons. The van der Waals surface area contributed by atoms with Gasteiger partial charge in [-0.3, -0.25) is 14.2 Å². The molecule has 2 aliphatic rings. The zero-order chi connectivity index (χ0) is 29.8. The van der Waals surface area contributed by atoms with Gasteiger partial charge in [-0.15, -0.1) is 0 Å². The Balaban J connectivity index is 1.65. The molecule has 1 aromatic heterocycles. The lowest BCUT2D eigenvalue weighted by atomic mass is 9.96. The van der Waals surface area contributed by atoms with E-state index in [9.17, 15) is 14.4 Å². The quantitative estimate of drug-likeness (QED) is 0.231. The summed E-state index contributed by atoms with van der Waals surface area (Å²) in [4.78, 5) is 48.4. The number of fused-ring (bicyclic) bond motifs is 2. The van der Waals surface area contributed by atoms with E-state index < -0.39 is 17.6 Å². The van der Waals surface area contributed by atoms with Crippen molar-refractivity contribution in [2.24, 2.45) is 4.99 Å². The number of thiazole rings is 1. The molecule has 0 bridgehead atoms. The third kappa shape index (κ3) is 5.61. The molecule has 42 heavy (non-hydrogen) atoms. The monoisotopic (exact) mass is 607 g/mol. The number of anilines is 1. The summed E-state index contributed by atoms with van der Waals surface area (Å²) in [6, 6.07) is 13.8. The van der Waals surface area contributed by atoms with Crippen molar-refractivity contribution in [1.29, 1.82) is 0 Å². The molecule has 0 N–H and O–H groups in total. The van der Waals surface area contributed by atoms with Gasteiger partial charge in [0.25, 0.3) is 11.5 Å². The second-order valence-electron chi connectivity index (χ2n) is 10.3. The molecule has 1 atom stereocenters. The Kier molecular flexibility index (Phi) is 9.40. The van der Waals surface area contributed by atoms with Crippen molar-refractivity contribution in [1.82, 2.24) is 4.57 Å². The van der Waals surface area contributed by atoms with E-state index >= 15 is 0 Å². The Morgan fingerprint density at radius 3 is 2.52 bits per heavy atom. The molecule has 0 saturated carbocycles. The number of rotatable bonds is 11. The minimum atomic E-state index is -0.874. The lowest BCUT2D eigenvalue weighted by molar-refractivity contribution is -0.140. The molecule has 1 unspecified atom stereocenters. The highest BCUT2D eigenvalue weighted by Gasteiger charge is 2.37. The molecule has 5 rings (SSSR count). The lowest BCUT2D eigenvalue weighted by Gasteiger charge is -2.25.